The monoisotopic (exact) mass is 141 g/mol. The zero-order valence-corrected chi connectivity index (χ0v) is 5.86. The van der Waals surface area contributed by atoms with E-state index >= 15 is 0 Å². The molecule has 0 spiro atoms. The zero-order valence-electron chi connectivity index (χ0n) is 5.86. The number of rotatable bonds is 3. The van der Waals surface area contributed by atoms with Crippen molar-refractivity contribution < 1.29 is 0 Å². The van der Waals surface area contributed by atoms with Gasteiger partial charge in [-0.15, -0.1) is 0 Å². The number of hydrogen-bond acceptors (Lipinski definition) is 4. The maximum Gasteiger partial charge on any atom is 0.0890 e. The molecule has 1 atom stereocenters. The van der Waals surface area contributed by atoms with Crippen molar-refractivity contribution in [1.82, 2.24) is 20.3 Å². The standard InChI is InChI=1S/C5H11N5/c1-7-5(6)4-10-8-2-3-9-10/h2-3,5,7H,4,6H2,1H3. The van der Waals surface area contributed by atoms with Gasteiger partial charge in [0.15, 0.2) is 0 Å². The molecular weight excluding hydrogens is 130 g/mol. The summed E-state index contributed by atoms with van der Waals surface area (Å²) in [6.45, 7) is 0.601. The van der Waals surface area contributed by atoms with Crippen molar-refractivity contribution in [3.05, 3.63) is 12.4 Å². The Morgan fingerprint density at radius 3 is 2.70 bits per heavy atom. The molecule has 1 aromatic rings. The fraction of sp³-hybridized carbons (Fsp3) is 0.600. The topological polar surface area (TPSA) is 68.8 Å². The highest BCUT2D eigenvalue weighted by atomic mass is 15.5. The highest BCUT2D eigenvalue weighted by Gasteiger charge is 1.98. The van der Waals surface area contributed by atoms with Gasteiger partial charge in [0.05, 0.1) is 25.1 Å². The van der Waals surface area contributed by atoms with Crippen LogP contribution >= 0.6 is 0 Å². The van der Waals surface area contributed by atoms with Crippen LogP contribution in [0.5, 0.6) is 0 Å². The Kier molecular flexibility index (Phi) is 2.35. The minimum Gasteiger partial charge on any atom is -0.314 e. The van der Waals surface area contributed by atoms with Crippen molar-refractivity contribution in [3.8, 4) is 0 Å². The van der Waals surface area contributed by atoms with Crippen LogP contribution in [0.3, 0.4) is 0 Å². The summed E-state index contributed by atoms with van der Waals surface area (Å²) < 4.78 is 0. The van der Waals surface area contributed by atoms with Crippen molar-refractivity contribution in [1.29, 1.82) is 0 Å². The Morgan fingerprint density at radius 1 is 1.60 bits per heavy atom. The van der Waals surface area contributed by atoms with Gasteiger partial charge in [-0.3, -0.25) is 0 Å². The molecule has 1 aromatic heterocycles. The van der Waals surface area contributed by atoms with E-state index in [9.17, 15) is 0 Å². The van der Waals surface area contributed by atoms with Gasteiger partial charge in [-0.1, -0.05) is 0 Å². The van der Waals surface area contributed by atoms with E-state index in [1.165, 1.54) is 0 Å². The van der Waals surface area contributed by atoms with Crippen LogP contribution in [-0.4, -0.2) is 28.2 Å². The van der Waals surface area contributed by atoms with E-state index in [4.69, 9.17) is 5.73 Å². The second-order valence-electron chi connectivity index (χ2n) is 1.98. The number of nitrogens with two attached hydrogens (primary N) is 1. The van der Waals surface area contributed by atoms with Gasteiger partial charge in [0.1, 0.15) is 0 Å². The predicted molar refractivity (Wildman–Crippen MR) is 37.1 cm³/mol. The third-order valence-electron chi connectivity index (χ3n) is 1.20. The number of likely N-dealkylation sites (N-methyl/N-ethyl adjacent to an activating group) is 1. The van der Waals surface area contributed by atoms with Gasteiger partial charge in [-0.05, 0) is 7.05 Å². The van der Waals surface area contributed by atoms with Crippen LogP contribution in [0.25, 0.3) is 0 Å². The minimum absolute atomic E-state index is 0.0765. The van der Waals surface area contributed by atoms with Crippen molar-refractivity contribution in [2.75, 3.05) is 7.05 Å². The van der Waals surface area contributed by atoms with Crippen LogP contribution in [-0.2, 0) is 6.54 Å². The van der Waals surface area contributed by atoms with Gasteiger partial charge in [-0.25, -0.2) is 0 Å². The van der Waals surface area contributed by atoms with Crippen molar-refractivity contribution in [2.24, 2.45) is 5.73 Å². The number of hydrogen-bond donors (Lipinski definition) is 2. The van der Waals surface area contributed by atoms with Gasteiger partial charge in [0.2, 0.25) is 0 Å². The van der Waals surface area contributed by atoms with Crippen LogP contribution in [0.15, 0.2) is 12.4 Å². The molecule has 0 saturated carbocycles. The van der Waals surface area contributed by atoms with Crippen LogP contribution in [0.1, 0.15) is 0 Å². The number of nitrogens with one attached hydrogen (secondary N) is 1. The Labute approximate surface area is 59.2 Å². The molecule has 0 aliphatic heterocycles. The normalized spacial score (nSPS) is 13.4. The largest absolute Gasteiger partial charge is 0.314 e. The molecule has 0 radical (unpaired) electrons. The lowest BCUT2D eigenvalue weighted by Crippen LogP contribution is -2.38. The molecule has 0 fully saturated rings. The van der Waals surface area contributed by atoms with E-state index < -0.39 is 0 Å². The SMILES string of the molecule is CNC(N)Cn1nccn1. The summed E-state index contributed by atoms with van der Waals surface area (Å²) in [4.78, 5) is 1.54. The van der Waals surface area contributed by atoms with E-state index in [-0.39, 0.29) is 6.17 Å². The zero-order chi connectivity index (χ0) is 7.40. The Hall–Kier alpha value is -0.940. The van der Waals surface area contributed by atoms with Gasteiger partial charge >= 0.3 is 0 Å². The summed E-state index contributed by atoms with van der Waals surface area (Å²) in [5, 5.41) is 10.7. The summed E-state index contributed by atoms with van der Waals surface area (Å²) in [6, 6.07) is 0. The van der Waals surface area contributed by atoms with Crippen LogP contribution in [0.2, 0.25) is 0 Å². The average molecular weight is 141 g/mol. The fourth-order valence-electron chi connectivity index (χ4n) is 0.605. The third-order valence-corrected chi connectivity index (χ3v) is 1.20. The molecule has 1 unspecified atom stereocenters. The highest BCUT2D eigenvalue weighted by Crippen LogP contribution is 1.79. The second-order valence-corrected chi connectivity index (χ2v) is 1.98. The van der Waals surface area contributed by atoms with E-state index in [1.807, 2.05) is 0 Å². The summed E-state index contributed by atoms with van der Waals surface area (Å²) >= 11 is 0. The molecule has 1 heterocycles. The molecule has 0 amide bonds. The molecule has 0 aromatic carbocycles. The van der Waals surface area contributed by atoms with Crippen molar-refractivity contribution >= 4 is 0 Å². The van der Waals surface area contributed by atoms with Gasteiger partial charge in [-0.2, -0.15) is 15.0 Å². The Morgan fingerprint density at radius 2 is 2.20 bits per heavy atom. The molecule has 3 N–H and O–H groups in total. The van der Waals surface area contributed by atoms with Crippen LogP contribution < -0.4 is 11.1 Å². The predicted octanol–water partition coefficient (Wildman–Crippen LogP) is -1.22. The molecule has 0 aliphatic carbocycles. The summed E-state index contributed by atoms with van der Waals surface area (Å²) in [5.74, 6) is 0. The highest BCUT2D eigenvalue weighted by molar-refractivity contribution is 4.62. The quantitative estimate of drug-likeness (QED) is 0.518. The molecule has 0 saturated heterocycles. The molecule has 5 nitrogen and oxygen atoms in total. The maximum absolute atomic E-state index is 5.55. The number of aromatic nitrogens is 3. The summed E-state index contributed by atoms with van der Waals surface area (Å²) in [5.41, 5.74) is 5.55. The van der Waals surface area contributed by atoms with Crippen molar-refractivity contribution in [2.45, 2.75) is 12.7 Å². The molecule has 1 rings (SSSR count). The van der Waals surface area contributed by atoms with E-state index in [1.54, 1.807) is 24.2 Å². The summed E-state index contributed by atoms with van der Waals surface area (Å²) in [6.07, 6.45) is 3.18. The molecule has 56 valence electrons. The number of nitrogens with zero attached hydrogens (tertiary/aromatic N) is 3. The lowest BCUT2D eigenvalue weighted by Gasteiger charge is -2.07. The molecular formula is C5H11N5. The Balaban J connectivity index is 2.40. The van der Waals surface area contributed by atoms with E-state index in [0.29, 0.717) is 6.54 Å². The van der Waals surface area contributed by atoms with Gasteiger partial charge in [0, 0.05) is 0 Å². The third kappa shape index (κ3) is 1.78. The first-order valence-corrected chi connectivity index (χ1v) is 3.10. The average Bonchev–Trinajstić information content (AvgIpc) is 2.40. The molecule has 0 bridgehead atoms. The van der Waals surface area contributed by atoms with Gasteiger partial charge in [0.25, 0.3) is 0 Å². The van der Waals surface area contributed by atoms with Gasteiger partial charge < -0.3 is 11.1 Å². The minimum atomic E-state index is -0.0765. The maximum atomic E-state index is 5.55. The van der Waals surface area contributed by atoms with Crippen molar-refractivity contribution in [3.63, 3.8) is 0 Å². The van der Waals surface area contributed by atoms with Crippen LogP contribution in [0.4, 0.5) is 0 Å². The molecule has 0 aliphatic rings. The lowest BCUT2D eigenvalue weighted by molar-refractivity contribution is 0.427. The first-order chi connectivity index (χ1) is 4.83. The molecule has 10 heavy (non-hydrogen) atoms. The van der Waals surface area contributed by atoms with E-state index in [0.717, 1.165) is 0 Å². The van der Waals surface area contributed by atoms with Crippen LogP contribution in [0, 0.1) is 0 Å². The smallest absolute Gasteiger partial charge is 0.0890 e. The summed E-state index contributed by atoms with van der Waals surface area (Å²) in [7, 11) is 1.80. The lowest BCUT2D eigenvalue weighted by atomic mass is 10.5. The Bertz CT molecular complexity index is 170. The molecule has 5 heteroatoms. The first kappa shape index (κ1) is 7.17. The van der Waals surface area contributed by atoms with E-state index in [2.05, 4.69) is 15.5 Å². The second kappa shape index (κ2) is 3.28. The first-order valence-electron chi connectivity index (χ1n) is 3.10. The fourth-order valence-corrected chi connectivity index (χ4v) is 0.605.